The lowest BCUT2D eigenvalue weighted by Crippen LogP contribution is -2.23. The van der Waals surface area contributed by atoms with E-state index < -0.39 is 11.6 Å². The van der Waals surface area contributed by atoms with E-state index in [1.807, 2.05) is 48.5 Å². The third-order valence-corrected chi connectivity index (χ3v) is 5.51. The Balaban J connectivity index is 1.66. The summed E-state index contributed by atoms with van der Waals surface area (Å²) in [5, 5.41) is 0.813. The van der Waals surface area contributed by atoms with Gasteiger partial charge in [-0.2, -0.15) is 0 Å². The number of hydrogen-bond acceptors (Lipinski definition) is 3. The Labute approximate surface area is 182 Å². The van der Waals surface area contributed by atoms with E-state index in [9.17, 15) is 13.6 Å². The van der Waals surface area contributed by atoms with Crippen molar-refractivity contribution in [2.24, 2.45) is 0 Å². The second-order valence-electron chi connectivity index (χ2n) is 7.60. The van der Waals surface area contributed by atoms with Gasteiger partial charge in [0.05, 0.1) is 25.5 Å². The van der Waals surface area contributed by atoms with Gasteiger partial charge in [0.25, 0.3) is 5.56 Å². The Morgan fingerprint density at radius 2 is 1.62 bits per heavy atom. The van der Waals surface area contributed by atoms with Crippen LogP contribution in [0.25, 0.3) is 21.9 Å². The first-order chi connectivity index (χ1) is 15.5. The zero-order valence-electron chi connectivity index (χ0n) is 17.3. The molecule has 0 bridgehead atoms. The van der Waals surface area contributed by atoms with Crippen LogP contribution in [0.1, 0.15) is 11.1 Å². The van der Waals surface area contributed by atoms with Gasteiger partial charge in [-0.3, -0.25) is 9.36 Å². The molecule has 0 radical (unpaired) electrons. The maximum absolute atomic E-state index is 13.8. The Morgan fingerprint density at radius 1 is 0.906 bits per heavy atom. The highest BCUT2D eigenvalue weighted by molar-refractivity contribution is 6.05. The summed E-state index contributed by atoms with van der Waals surface area (Å²) in [5.74, 6) is -0.580. The molecule has 0 saturated heterocycles. The molecule has 0 aliphatic rings. The van der Waals surface area contributed by atoms with E-state index in [1.165, 1.54) is 23.0 Å². The van der Waals surface area contributed by atoms with Crippen LogP contribution in [-0.4, -0.2) is 21.2 Å². The zero-order valence-corrected chi connectivity index (χ0v) is 17.3. The topological polar surface area (TPSA) is 49.0 Å². The average molecular weight is 431 g/mol. The molecular formula is C25H19F2N3O2. The summed E-state index contributed by atoms with van der Waals surface area (Å²) in [7, 11) is 1.60. The van der Waals surface area contributed by atoms with E-state index in [-0.39, 0.29) is 12.1 Å². The zero-order chi connectivity index (χ0) is 22.2. The number of para-hydroxylation sites is 1. The fourth-order valence-electron chi connectivity index (χ4n) is 4.04. The largest absolute Gasteiger partial charge is 0.497 e. The molecule has 0 amide bonds. The molecule has 0 aliphatic heterocycles. The molecule has 7 heteroatoms. The molecule has 2 aromatic heterocycles. The summed E-state index contributed by atoms with van der Waals surface area (Å²) in [6.45, 7) is 0.476. The van der Waals surface area contributed by atoms with E-state index in [0.717, 1.165) is 28.3 Å². The van der Waals surface area contributed by atoms with Crippen LogP contribution in [0.2, 0.25) is 0 Å². The van der Waals surface area contributed by atoms with Gasteiger partial charge >= 0.3 is 0 Å². The third-order valence-electron chi connectivity index (χ3n) is 5.51. The van der Waals surface area contributed by atoms with Crippen molar-refractivity contribution in [1.82, 2.24) is 14.1 Å². The van der Waals surface area contributed by atoms with E-state index >= 15 is 0 Å². The third kappa shape index (κ3) is 3.51. The highest BCUT2D eigenvalue weighted by Gasteiger charge is 2.17. The van der Waals surface area contributed by atoms with E-state index in [2.05, 4.69) is 4.98 Å². The van der Waals surface area contributed by atoms with Crippen molar-refractivity contribution in [2.45, 2.75) is 13.1 Å². The van der Waals surface area contributed by atoms with Crippen molar-refractivity contribution in [3.63, 3.8) is 0 Å². The van der Waals surface area contributed by atoms with Crippen LogP contribution in [0.5, 0.6) is 5.75 Å². The van der Waals surface area contributed by atoms with Gasteiger partial charge < -0.3 is 9.30 Å². The number of nitrogens with zero attached hydrogens (tertiary/aromatic N) is 3. The smallest absolute Gasteiger partial charge is 0.278 e. The van der Waals surface area contributed by atoms with Gasteiger partial charge in [0.15, 0.2) is 0 Å². The molecule has 32 heavy (non-hydrogen) atoms. The Kier molecular flexibility index (Phi) is 4.93. The molecular weight excluding hydrogens is 412 g/mol. The number of rotatable bonds is 5. The van der Waals surface area contributed by atoms with Crippen LogP contribution >= 0.6 is 0 Å². The van der Waals surface area contributed by atoms with E-state index in [4.69, 9.17) is 4.74 Å². The summed E-state index contributed by atoms with van der Waals surface area (Å²) in [5.41, 5.74) is 2.86. The molecule has 2 heterocycles. The summed E-state index contributed by atoms with van der Waals surface area (Å²) in [4.78, 5) is 18.1. The Hall–Kier alpha value is -4.00. The fraction of sp³-hybridized carbons (Fsp3) is 0.120. The molecule has 3 aromatic carbocycles. The molecule has 0 atom stereocenters. The van der Waals surface area contributed by atoms with Crippen molar-refractivity contribution in [3.8, 4) is 5.75 Å². The predicted molar refractivity (Wildman–Crippen MR) is 119 cm³/mol. The van der Waals surface area contributed by atoms with Crippen molar-refractivity contribution in [3.05, 3.63) is 106 Å². The molecule has 160 valence electrons. The van der Waals surface area contributed by atoms with E-state index in [1.54, 1.807) is 11.7 Å². The number of ether oxygens (including phenoxy) is 1. The first-order valence-corrected chi connectivity index (χ1v) is 10.1. The second-order valence-corrected chi connectivity index (χ2v) is 7.60. The normalized spacial score (nSPS) is 11.3. The molecule has 0 saturated carbocycles. The molecule has 0 fully saturated rings. The summed E-state index contributed by atoms with van der Waals surface area (Å²) < 4.78 is 36.1. The lowest BCUT2D eigenvalue weighted by Gasteiger charge is -2.10. The number of hydrogen-bond donors (Lipinski definition) is 0. The van der Waals surface area contributed by atoms with Crippen molar-refractivity contribution in [1.29, 1.82) is 0 Å². The second kappa shape index (κ2) is 7.92. The highest BCUT2D eigenvalue weighted by Crippen LogP contribution is 2.26. The van der Waals surface area contributed by atoms with Crippen LogP contribution < -0.4 is 10.3 Å². The van der Waals surface area contributed by atoms with Crippen molar-refractivity contribution in [2.75, 3.05) is 7.11 Å². The van der Waals surface area contributed by atoms with Gasteiger partial charge in [0.2, 0.25) is 0 Å². The number of halogens is 2. The van der Waals surface area contributed by atoms with Crippen molar-refractivity contribution >= 4 is 21.9 Å². The summed E-state index contributed by atoms with van der Waals surface area (Å²) in [6, 6.07) is 18.3. The number of benzene rings is 3. The SMILES string of the molecule is COc1ccc(Cn2cnc3c4ccccc4n(Cc4cc(F)cc(F)c4)c3c2=O)cc1. The number of methoxy groups -OCH3 is 1. The number of fused-ring (bicyclic) bond motifs is 3. The lowest BCUT2D eigenvalue weighted by molar-refractivity contribution is 0.414. The number of aromatic nitrogens is 3. The lowest BCUT2D eigenvalue weighted by atomic mass is 10.2. The van der Waals surface area contributed by atoms with Crippen LogP contribution in [-0.2, 0) is 13.1 Å². The predicted octanol–water partition coefficient (Wildman–Crippen LogP) is 4.73. The van der Waals surface area contributed by atoms with Crippen molar-refractivity contribution < 1.29 is 13.5 Å². The maximum atomic E-state index is 13.8. The molecule has 5 rings (SSSR count). The Bertz CT molecular complexity index is 1480. The van der Waals surface area contributed by atoms with Crippen LogP contribution in [0.3, 0.4) is 0 Å². The molecule has 0 spiro atoms. The van der Waals surface area contributed by atoms with Gasteiger partial charge in [-0.15, -0.1) is 0 Å². The minimum absolute atomic E-state index is 0.141. The van der Waals surface area contributed by atoms with E-state index in [0.29, 0.717) is 23.1 Å². The monoisotopic (exact) mass is 431 g/mol. The van der Waals surface area contributed by atoms with Gasteiger partial charge in [-0.1, -0.05) is 30.3 Å². The Morgan fingerprint density at radius 3 is 2.34 bits per heavy atom. The first kappa shape index (κ1) is 19.9. The first-order valence-electron chi connectivity index (χ1n) is 10.1. The van der Waals surface area contributed by atoms with Gasteiger partial charge in [0, 0.05) is 18.0 Å². The standard InChI is InChI=1S/C25H19F2N3O2/c1-32-20-8-6-16(7-9-20)13-29-15-28-23-21-4-2-3-5-22(21)30(24(23)25(29)31)14-17-10-18(26)12-19(27)11-17/h2-12,15H,13-14H2,1H3. The quantitative estimate of drug-likeness (QED) is 0.404. The molecule has 0 aliphatic carbocycles. The van der Waals surface area contributed by atoms with Gasteiger partial charge in [-0.05, 0) is 41.5 Å². The molecule has 0 N–H and O–H groups in total. The minimum atomic E-state index is -0.657. The average Bonchev–Trinajstić information content (AvgIpc) is 3.10. The highest BCUT2D eigenvalue weighted by atomic mass is 19.1. The van der Waals surface area contributed by atoms with Crippen LogP contribution in [0.15, 0.2) is 77.9 Å². The molecule has 5 nitrogen and oxygen atoms in total. The minimum Gasteiger partial charge on any atom is -0.497 e. The molecule has 0 unspecified atom stereocenters. The summed E-state index contributed by atoms with van der Waals surface area (Å²) >= 11 is 0. The van der Waals surface area contributed by atoms with Gasteiger partial charge in [-0.25, -0.2) is 13.8 Å². The van der Waals surface area contributed by atoms with Gasteiger partial charge in [0.1, 0.15) is 28.4 Å². The van der Waals surface area contributed by atoms with Crippen LogP contribution in [0.4, 0.5) is 8.78 Å². The maximum Gasteiger partial charge on any atom is 0.278 e. The van der Waals surface area contributed by atoms with Crippen LogP contribution in [0, 0.1) is 11.6 Å². The molecule has 5 aromatic rings. The fourth-order valence-corrected chi connectivity index (χ4v) is 4.04. The summed E-state index contributed by atoms with van der Waals surface area (Å²) in [6.07, 6.45) is 1.54.